The first kappa shape index (κ1) is 20.0. The first-order valence-electron chi connectivity index (χ1n) is 9.47. The van der Waals surface area contributed by atoms with E-state index in [2.05, 4.69) is 39.8 Å². The molecule has 0 radical (unpaired) electrons. The molecule has 0 aliphatic carbocycles. The van der Waals surface area contributed by atoms with E-state index in [9.17, 15) is 4.79 Å². The van der Waals surface area contributed by atoms with E-state index in [1.807, 2.05) is 36.4 Å². The monoisotopic (exact) mass is 354 g/mol. The van der Waals surface area contributed by atoms with Crippen molar-refractivity contribution in [3.05, 3.63) is 59.7 Å². The molecule has 0 N–H and O–H groups in total. The third-order valence-corrected chi connectivity index (χ3v) is 4.88. The summed E-state index contributed by atoms with van der Waals surface area (Å²) >= 11 is 0. The van der Waals surface area contributed by atoms with Crippen LogP contribution in [-0.4, -0.2) is 12.6 Å². The number of rotatable bonds is 9. The second kappa shape index (κ2) is 9.42. The average molecular weight is 354 g/mol. The van der Waals surface area contributed by atoms with Crippen LogP contribution in [0.4, 0.5) is 0 Å². The van der Waals surface area contributed by atoms with Gasteiger partial charge in [-0.2, -0.15) is 0 Å². The molecule has 0 spiro atoms. The standard InChI is InChI=1S/C23H30O3/c1-5-18-9-13-21(14-10-18)26-22(24)8-7-17-25-20-15-11-19(12-16-20)23(3,4)6-2/h9-16H,5-8,17H2,1-4H3. The molecule has 0 aromatic heterocycles. The molecule has 3 heteroatoms. The van der Waals surface area contributed by atoms with Gasteiger partial charge in [0.15, 0.2) is 0 Å². The Morgan fingerprint density at radius 2 is 1.54 bits per heavy atom. The van der Waals surface area contributed by atoms with E-state index in [-0.39, 0.29) is 11.4 Å². The Bertz CT molecular complexity index is 684. The van der Waals surface area contributed by atoms with Crippen LogP contribution in [0.5, 0.6) is 11.5 Å². The van der Waals surface area contributed by atoms with Gasteiger partial charge in [0.1, 0.15) is 11.5 Å². The second-order valence-corrected chi connectivity index (χ2v) is 7.19. The van der Waals surface area contributed by atoms with Gasteiger partial charge >= 0.3 is 5.97 Å². The Hall–Kier alpha value is -2.29. The molecule has 140 valence electrons. The molecule has 0 heterocycles. The molecule has 0 bridgehead atoms. The minimum absolute atomic E-state index is 0.178. The van der Waals surface area contributed by atoms with Crippen molar-refractivity contribution in [2.75, 3.05) is 6.61 Å². The maximum atomic E-state index is 11.9. The largest absolute Gasteiger partial charge is 0.494 e. The van der Waals surface area contributed by atoms with Crippen LogP contribution in [0.2, 0.25) is 0 Å². The van der Waals surface area contributed by atoms with E-state index in [0.717, 1.165) is 18.6 Å². The molecule has 26 heavy (non-hydrogen) atoms. The number of hydrogen-bond acceptors (Lipinski definition) is 3. The van der Waals surface area contributed by atoms with Crippen molar-refractivity contribution in [1.82, 2.24) is 0 Å². The number of carbonyl (C=O) groups is 1. The molecular weight excluding hydrogens is 324 g/mol. The van der Waals surface area contributed by atoms with Crippen LogP contribution in [0.15, 0.2) is 48.5 Å². The molecule has 0 amide bonds. The fourth-order valence-electron chi connectivity index (χ4n) is 2.59. The summed E-state index contributed by atoms with van der Waals surface area (Å²) in [6.07, 6.45) is 3.05. The van der Waals surface area contributed by atoms with Gasteiger partial charge in [0, 0.05) is 6.42 Å². The lowest BCUT2D eigenvalue weighted by molar-refractivity contribution is -0.134. The normalized spacial score (nSPS) is 11.2. The van der Waals surface area contributed by atoms with Crippen LogP contribution in [-0.2, 0) is 16.6 Å². The molecule has 0 unspecified atom stereocenters. The first-order chi connectivity index (χ1) is 12.4. The van der Waals surface area contributed by atoms with Crippen molar-refractivity contribution in [3.63, 3.8) is 0 Å². The summed E-state index contributed by atoms with van der Waals surface area (Å²) in [7, 11) is 0. The Morgan fingerprint density at radius 1 is 0.923 bits per heavy atom. The summed E-state index contributed by atoms with van der Waals surface area (Å²) < 4.78 is 11.1. The van der Waals surface area contributed by atoms with Crippen LogP contribution in [0.25, 0.3) is 0 Å². The zero-order valence-corrected chi connectivity index (χ0v) is 16.4. The predicted octanol–water partition coefficient (Wildman–Crippen LogP) is 5.70. The van der Waals surface area contributed by atoms with Crippen LogP contribution >= 0.6 is 0 Å². The lowest BCUT2D eigenvalue weighted by Crippen LogP contribution is -2.15. The molecule has 0 atom stereocenters. The highest BCUT2D eigenvalue weighted by molar-refractivity contribution is 5.72. The van der Waals surface area contributed by atoms with E-state index < -0.39 is 0 Å². The summed E-state index contributed by atoms with van der Waals surface area (Å²) in [4.78, 5) is 11.9. The Labute approximate surface area is 157 Å². The maximum absolute atomic E-state index is 11.9. The SMILES string of the molecule is CCc1ccc(OC(=O)CCCOc2ccc(C(C)(C)CC)cc2)cc1. The molecule has 2 aromatic carbocycles. The Balaban J connectivity index is 1.71. The molecule has 0 aliphatic heterocycles. The summed E-state index contributed by atoms with van der Waals surface area (Å²) in [5.41, 5.74) is 2.72. The number of ether oxygens (including phenoxy) is 2. The average Bonchev–Trinajstić information content (AvgIpc) is 2.66. The van der Waals surface area contributed by atoms with Crippen molar-refractivity contribution < 1.29 is 14.3 Å². The van der Waals surface area contributed by atoms with Gasteiger partial charge in [-0.15, -0.1) is 0 Å². The minimum atomic E-state index is -0.224. The summed E-state index contributed by atoms with van der Waals surface area (Å²) in [6.45, 7) is 9.27. The van der Waals surface area contributed by atoms with Gasteiger partial charge in [0.2, 0.25) is 0 Å². The first-order valence-corrected chi connectivity index (χ1v) is 9.47. The molecule has 3 nitrogen and oxygen atoms in total. The van der Waals surface area contributed by atoms with Crippen molar-refractivity contribution in [3.8, 4) is 11.5 Å². The highest BCUT2D eigenvalue weighted by Gasteiger charge is 2.17. The van der Waals surface area contributed by atoms with Gasteiger partial charge in [-0.3, -0.25) is 4.79 Å². The fraction of sp³-hybridized carbons (Fsp3) is 0.435. The quantitative estimate of drug-likeness (QED) is 0.329. The van der Waals surface area contributed by atoms with Gasteiger partial charge in [-0.25, -0.2) is 0 Å². The van der Waals surface area contributed by atoms with Crippen LogP contribution < -0.4 is 9.47 Å². The summed E-state index contributed by atoms with van der Waals surface area (Å²) in [6, 6.07) is 15.9. The number of hydrogen-bond donors (Lipinski definition) is 0. The maximum Gasteiger partial charge on any atom is 0.311 e. The Morgan fingerprint density at radius 3 is 2.12 bits per heavy atom. The highest BCUT2D eigenvalue weighted by atomic mass is 16.5. The van der Waals surface area contributed by atoms with Crippen LogP contribution in [0.3, 0.4) is 0 Å². The molecule has 0 aliphatic rings. The van der Waals surface area contributed by atoms with Crippen LogP contribution in [0, 0.1) is 0 Å². The zero-order valence-electron chi connectivity index (χ0n) is 16.4. The van der Waals surface area contributed by atoms with E-state index in [4.69, 9.17) is 9.47 Å². The smallest absolute Gasteiger partial charge is 0.311 e. The predicted molar refractivity (Wildman–Crippen MR) is 106 cm³/mol. The van der Waals surface area contributed by atoms with Gasteiger partial charge in [0.05, 0.1) is 6.61 Å². The van der Waals surface area contributed by atoms with Crippen molar-refractivity contribution in [1.29, 1.82) is 0 Å². The van der Waals surface area contributed by atoms with E-state index in [1.165, 1.54) is 11.1 Å². The highest BCUT2D eigenvalue weighted by Crippen LogP contribution is 2.28. The van der Waals surface area contributed by atoms with Gasteiger partial charge in [-0.1, -0.05) is 52.0 Å². The van der Waals surface area contributed by atoms with Gasteiger partial charge < -0.3 is 9.47 Å². The number of carbonyl (C=O) groups excluding carboxylic acids is 1. The van der Waals surface area contributed by atoms with Crippen molar-refractivity contribution >= 4 is 5.97 Å². The second-order valence-electron chi connectivity index (χ2n) is 7.19. The number of benzene rings is 2. The molecule has 0 saturated heterocycles. The zero-order chi connectivity index (χ0) is 19.0. The van der Waals surface area contributed by atoms with Gasteiger partial charge in [0.25, 0.3) is 0 Å². The third kappa shape index (κ3) is 5.91. The van der Waals surface area contributed by atoms with Crippen molar-refractivity contribution in [2.45, 2.75) is 58.8 Å². The minimum Gasteiger partial charge on any atom is -0.494 e. The number of aryl methyl sites for hydroxylation is 1. The van der Waals surface area contributed by atoms with E-state index in [1.54, 1.807) is 0 Å². The Kier molecular flexibility index (Phi) is 7.26. The third-order valence-electron chi connectivity index (χ3n) is 4.88. The summed E-state index contributed by atoms with van der Waals surface area (Å²) in [5, 5.41) is 0. The lowest BCUT2D eigenvalue weighted by atomic mass is 9.82. The van der Waals surface area contributed by atoms with E-state index in [0.29, 0.717) is 25.2 Å². The molecule has 2 aromatic rings. The molecule has 0 fully saturated rings. The number of esters is 1. The van der Waals surface area contributed by atoms with Crippen LogP contribution in [0.1, 0.15) is 58.1 Å². The van der Waals surface area contributed by atoms with E-state index >= 15 is 0 Å². The fourth-order valence-corrected chi connectivity index (χ4v) is 2.59. The molecular formula is C23H30O3. The van der Waals surface area contributed by atoms with Gasteiger partial charge in [-0.05, 0) is 60.1 Å². The topological polar surface area (TPSA) is 35.5 Å². The molecule has 0 saturated carbocycles. The lowest BCUT2D eigenvalue weighted by Gasteiger charge is -2.23. The van der Waals surface area contributed by atoms with Crippen molar-refractivity contribution in [2.24, 2.45) is 0 Å². The molecule has 2 rings (SSSR count). The summed E-state index contributed by atoms with van der Waals surface area (Å²) in [5.74, 6) is 1.21.